The van der Waals surface area contributed by atoms with Gasteiger partial charge in [-0.1, -0.05) is 30.3 Å². The number of nitrogens with one attached hydrogen (secondary N) is 1. The van der Waals surface area contributed by atoms with E-state index in [-0.39, 0.29) is 5.91 Å². The van der Waals surface area contributed by atoms with Crippen LogP contribution in [0.3, 0.4) is 0 Å². The van der Waals surface area contributed by atoms with E-state index in [2.05, 4.69) is 15.4 Å². The molecule has 0 spiro atoms. The van der Waals surface area contributed by atoms with Gasteiger partial charge in [0.15, 0.2) is 0 Å². The lowest BCUT2D eigenvalue weighted by Crippen LogP contribution is -2.15. The Labute approximate surface area is 152 Å². The monoisotopic (exact) mass is 350 g/mol. The molecule has 6 nitrogen and oxygen atoms in total. The van der Waals surface area contributed by atoms with Crippen LogP contribution in [0.5, 0.6) is 5.75 Å². The van der Waals surface area contributed by atoms with Gasteiger partial charge < -0.3 is 10.1 Å². The van der Waals surface area contributed by atoms with Crippen LogP contribution >= 0.6 is 0 Å². The SMILES string of the molecule is Cc1cccc(C)c1OCCC(=O)Nc1ccc(Cn2cncn2)cc1. The highest BCUT2D eigenvalue weighted by atomic mass is 16.5. The quantitative estimate of drug-likeness (QED) is 0.709. The van der Waals surface area contributed by atoms with Gasteiger partial charge in [-0.3, -0.25) is 4.79 Å². The number of aryl methyl sites for hydroxylation is 2. The van der Waals surface area contributed by atoms with Gasteiger partial charge in [-0.2, -0.15) is 5.10 Å². The number of para-hydroxylation sites is 1. The van der Waals surface area contributed by atoms with Crippen LogP contribution in [0.4, 0.5) is 5.69 Å². The van der Waals surface area contributed by atoms with Gasteiger partial charge in [-0.15, -0.1) is 0 Å². The fourth-order valence-electron chi connectivity index (χ4n) is 2.69. The van der Waals surface area contributed by atoms with Gasteiger partial charge in [-0.05, 0) is 42.7 Å². The van der Waals surface area contributed by atoms with Crippen molar-refractivity contribution < 1.29 is 9.53 Å². The van der Waals surface area contributed by atoms with Crippen LogP contribution in [-0.4, -0.2) is 27.3 Å². The van der Waals surface area contributed by atoms with Crippen molar-refractivity contribution in [1.82, 2.24) is 14.8 Å². The highest BCUT2D eigenvalue weighted by Gasteiger charge is 2.06. The number of nitrogens with zero attached hydrogens (tertiary/aromatic N) is 3. The molecule has 0 bridgehead atoms. The molecule has 0 aliphatic carbocycles. The minimum atomic E-state index is -0.0692. The molecule has 134 valence electrons. The molecule has 0 fully saturated rings. The molecule has 1 heterocycles. The third-order valence-corrected chi connectivity index (χ3v) is 4.03. The molecule has 0 saturated heterocycles. The normalized spacial score (nSPS) is 10.5. The third-order valence-electron chi connectivity index (χ3n) is 4.03. The van der Waals surface area contributed by atoms with Crippen molar-refractivity contribution in [3.8, 4) is 5.75 Å². The zero-order valence-corrected chi connectivity index (χ0v) is 15.0. The highest BCUT2D eigenvalue weighted by Crippen LogP contribution is 2.22. The molecule has 3 aromatic rings. The smallest absolute Gasteiger partial charge is 0.227 e. The zero-order chi connectivity index (χ0) is 18.4. The maximum Gasteiger partial charge on any atom is 0.227 e. The molecule has 26 heavy (non-hydrogen) atoms. The predicted octanol–water partition coefficient (Wildman–Crippen LogP) is 3.35. The van der Waals surface area contributed by atoms with Gasteiger partial charge in [-0.25, -0.2) is 9.67 Å². The summed E-state index contributed by atoms with van der Waals surface area (Å²) < 4.78 is 7.53. The Kier molecular flexibility index (Phi) is 5.63. The maximum absolute atomic E-state index is 12.1. The van der Waals surface area contributed by atoms with E-state index in [4.69, 9.17) is 4.74 Å². The van der Waals surface area contributed by atoms with Crippen LogP contribution in [0, 0.1) is 13.8 Å². The van der Waals surface area contributed by atoms with Crippen molar-refractivity contribution in [1.29, 1.82) is 0 Å². The van der Waals surface area contributed by atoms with E-state index in [1.54, 1.807) is 11.0 Å². The predicted molar refractivity (Wildman–Crippen MR) is 100 cm³/mol. The molecule has 1 amide bonds. The summed E-state index contributed by atoms with van der Waals surface area (Å²) in [4.78, 5) is 16.0. The lowest BCUT2D eigenvalue weighted by Gasteiger charge is -2.12. The standard InChI is InChI=1S/C20H22N4O2/c1-15-4-3-5-16(2)20(15)26-11-10-19(25)23-18-8-6-17(7-9-18)12-24-14-21-13-22-24/h3-9,13-14H,10-12H2,1-2H3,(H,23,25). The Morgan fingerprint density at radius 1 is 1.12 bits per heavy atom. The largest absolute Gasteiger partial charge is 0.493 e. The average Bonchev–Trinajstić information content (AvgIpc) is 3.12. The van der Waals surface area contributed by atoms with Crippen molar-refractivity contribution in [3.05, 3.63) is 71.8 Å². The van der Waals surface area contributed by atoms with Crippen LogP contribution in [0.2, 0.25) is 0 Å². The molecular weight excluding hydrogens is 328 g/mol. The van der Waals surface area contributed by atoms with E-state index in [9.17, 15) is 4.79 Å². The topological polar surface area (TPSA) is 69.0 Å². The lowest BCUT2D eigenvalue weighted by atomic mass is 10.1. The first kappa shape index (κ1) is 17.7. The summed E-state index contributed by atoms with van der Waals surface area (Å²) in [5.41, 5.74) is 4.01. The summed E-state index contributed by atoms with van der Waals surface area (Å²) >= 11 is 0. The summed E-state index contributed by atoms with van der Waals surface area (Å²) in [6, 6.07) is 13.7. The zero-order valence-electron chi connectivity index (χ0n) is 15.0. The molecule has 0 aliphatic rings. The average molecular weight is 350 g/mol. The summed E-state index contributed by atoms with van der Waals surface area (Å²) in [5, 5.41) is 6.97. The van der Waals surface area contributed by atoms with E-state index < -0.39 is 0 Å². The number of ether oxygens (including phenoxy) is 1. The molecule has 1 aromatic heterocycles. The van der Waals surface area contributed by atoms with Crippen molar-refractivity contribution in [2.75, 3.05) is 11.9 Å². The number of benzene rings is 2. The van der Waals surface area contributed by atoms with E-state index in [0.29, 0.717) is 19.6 Å². The summed E-state index contributed by atoms with van der Waals surface area (Å²) in [6.45, 7) is 5.01. The number of aromatic nitrogens is 3. The maximum atomic E-state index is 12.1. The number of anilines is 1. The molecule has 0 unspecified atom stereocenters. The molecule has 6 heteroatoms. The van der Waals surface area contributed by atoms with E-state index >= 15 is 0 Å². The molecular formula is C20H22N4O2. The fraction of sp³-hybridized carbons (Fsp3) is 0.250. The van der Waals surface area contributed by atoms with Gasteiger partial charge in [0.05, 0.1) is 19.6 Å². The minimum Gasteiger partial charge on any atom is -0.493 e. The molecule has 0 atom stereocenters. The third kappa shape index (κ3) is 4.69. The summed E-state index contributed by atoms with van der Waals surface area (Å²) in [6.07, 6.45) is 3.48. The number of amides is 1. The number of hydrogen-bond acceptors (Lipinski definition) is 4. The highest BCUT2D eigenvalue weighted by molar-refractivity contribution is 5.90. The molecule has 3 rings (SSSR count). The molecule has 0 saturated carbocycles. The Hall–Kier alpha value is -3.15. The van der Waals surface area contributed by atoms with Gasteiger partial charge >= 0.3 is 0 Å². The Morgan fingerprint density at radius 2 is 1.85 bits per heavy atom. The lowest BCUT2D eigenvalue weighted by molar-refractivity contribution is -0.116. The van der Waals surface area contributed by atoms with Crippen LogP contribution in [0.25, 0.3) is 0 Å². The number of carbonyl (C=O) groups is 1. The van der Waals surface area contributed by atoms with E-state index in [1.165, 1.54) is 6.33 Å². The van der Waals surface area contributed by atoms with Crippen molar-refractivity contribution >= 4 is 11.6 Å². The van der Waals surface area contributed by atoms with Crippen LogP contribution < -0.4 is 10.1 Å². The van der Waals surface area contributed by atoms with E-state index in [1.807, 2.05) is 56.3 Å². The van der Waals surface area contributed by atoms with Crippen LogP contribution in [0.1, 0.15) is 23.1 Å². The van der Waals surface area contributed by atoms with Crippen molar-refractivity contribution in [2.24, 2.45) is 0 Å². The Morgan fingerprint density at radius 3 is 2.50 bits per heavy atom. The van der Waals surface area contributed by atoms with Crippen molar-refractivity contribution in [2.45, 2.75) is 26.8 Å². The van der Waals surface area contributed by atoms with Gasteiger partial charge in [0.2, 0.25) is 5.91 Å². The second-order valence-electron chi connectivity index (χ2n) is 6.16. The first-order valence-electron chi connectivity index (χ1n) is 8.52. The van der Waals surface area contributed by atoms with Crippen LogP contribution in [0.15, 0.2) is 55.1 Å². The van der Waals surface area contributed by atoms with Gasteiger partial charge in [0.25, 0.3) is 0 Å². The summed E-state index contributed by atoms with van der Waals surface area (Å²) in [7, 11) is 0. The van der Waals surface area contributed by atoms with Crippen molar-refractivity contribution in [3.63, 3.8) is 0 Å². The second kappa shape index (κ2) is 8.29. The summed E-state index contributed by atoms with van der Waals surface area (Å²) in [5.74, 6) is 0.790. The number of rotatable bonds is 7. The molecule has 0 radical (unpaired) electrons. The molecule has 0 aliphatic heterocycles. The van der Waals surface area contributed by atoms with Crippen LogP contribution in [-0.2, 0) is 11.3 Å². The molecule has 1 N–H and O–H groups in total. The van der Waals surface area contributed by atoms with Gasteiger partial charge in [0.1, 0.15) is 18.4 Å². The second-order valence-corrected chi connectivity index (χ2v) is 6.16. The first-order chi connectivity index (χ1) is 12.6. The number of hydrogen-bond donors (Lipinski definition) is 1. The minimum absolute atomic E-state index is 0.0692. The van der Waals surface area contributed by atoms with E-state index in [0.717, 1.165) is 28.1 Å². The number of carbonyl (C=O) groups excluding carboxylic acids is 1. The molecule has 2 aromatic carbocycles. The van der Waals surface area contributed by atoms with Gasteiger partial charge in [0, 0.05) is 5.69 Å². The first-order valence-corrected chi connectivity index (χ1v) is 8.52. The Bertz CT molecular complexity index is 838. The fourth-order valence-corrected chi connectivity index (χ4v) is 2.69. The Balaban J connectivity index is 1.47.